The first kappa shape index (κ1) is 11.0. The summed E-state index contributed by atoms with van der Waals surface area (Å²) in [4.78, 5) is 8.43. The van der Waals surface area contributed by atoms with Crippen LogP contribution in [0.5, 0.6) is 0 Å². The minimum Gasteiger partial charge on any atom is -0.397 e. The summed E-state index contributed by atoms with van der Waals surface area (Å²) in [5, 5.41) is 0.590. The average molecular weight is 256 g/mol. The van der Waals surface area contributed by atoms with E-state index in [0.717, 1.165) is 21.3 Å². The monoisotopic (exact) mass is 256 g/mol. The van der Waals surface area contributed by atoms with Crippen LogP contribution in [-0.4, -0.2) is 9.97 Å². The van der Waals surface area contributed by atoms with E-state index in [9.17, 15) is 0 Å². The van der Waals surface area contributed by atoms with E-state index in [-0.39, 0.29) is 0 Å². The van der Waals surface area contributed by atoms with Crippen LogP contribution in [0.2, 0.25) is 0 Å². The van der Waals surface area contributed by atoms with Gasteiger partial charge < -0.3 is 11.5 Å². The van der Waals surface area contributed by atoms with Crippen molar-refractivity contribution in [2.75, 3.05) is 11.5 Å². The molecule has 0 amide bonds. The summed E-state index contributed by atoms with van der Waals surface area (Å²) in [5.74, 6) is 0. The van der Waals surface area contributed by atoms with Gasteiger partial charge in [-0.3, -0.25) is 4.98 Å². The molecule has 18 heavy (non-hydrogen) atoms. The van der Waals surface area contributed by atoms with Gasteiger partial charge in [-0.1, -0.05) is 11.3 Å². The third-order valence-corrected chi connectivity index (χ3v) is 3.67. The highest BCUT2D eigenvalue weighted by molar-refractivity contribution is 7.22. The van der Waals surface area contributed by atoms with Crippen molar-refractivity contribution in [3.8, 4) is 11.1 Å². The first-order valence-corrected chi connectivity index (χ1v) is 6.33. The molecule has 3 rings (SSSR count). The maximum absolute atomic E-state index is 5.77. The number of hydrogen-bond acceptors (Lipinski definition) is 5. The molecular weight excluding hydrogens is 244 g/mol. The van der Waals surface area contributed by atoms with Gasteiger partial charge in [-0.25, -0.2) is 4.98 Å². The topological polar surface area (TPSA) is 77.8 Å². The van der Waals surface area contributed by atoms with Crippen molar-refractivity contribution in [3.05, 3.63) is 36.2 Å². The Labute approximate surface area is 108 Å². The third-order valence-electron chi connectivity index (χ3n) is 2.82. The molecule has 0 atom stereocenters. The molecule has 4 nitrogen and oxygen atoms in total. The zero-order chi connectivity index (χ0) is 12.7. The lowest BCUT2D eigenvalue weighted by Gasteiger charge is -2.06. The van der Waals surface area contributed by atoms with Crippen LogP contribution < -0.4 is 11.5 Å². The molecule has 0 radical (unpaired) electrons. The van der Waals surface area contributed by atoms with Gasteiger partial charge in [0.2, 0.25) is 0 Å². The summed E-state index contributed by atoms with van der Waals surface area (Å²) in [6, 6.07) is 6.05. The van der Waals surface area contributed by atoms with Crippen LogP contribution in [0.15, 0.2) is 30.6 Å². The number of rotatable bonds is 1. The zero-order valence-electron chi connectivity index (χ0n) is 9.84. The van der Waals surface area contributed by atoms with Gasteiger partial charge in [0.1, 0.15) is 0 Å². The fraction of sp³-hybridized carbons (Fsp3) is 0.0769. The number of fused-ring (bicyclic) bond motifs is 1. The van der Waals surface area contributed by atoms with Gasteiger partial charge in [-0.15, -0.1) is 0 Å². The second-order valence-corrected chi connectivity index (χ2v) is 5.26. The predicted molar refractivity (Wildman–Crippen MR) is 76.4 cm³/mol. The number of pyridine rings is 1. The van der Waals surface area contributed by atoms with Crippen LogP contribution in [0.4, 0.5) is 10.8 Å². The molecule has 0 aliphatic heterocycles. The lowest BCUT2D eigenvalue weighted by Crippen LogP contribution is -1.89. The Kier molecular flexibility index (Phi) is 2.41. The molecule has 0 saturated carbocycles. The van der Waals surface area contributed by atoms with Crippen molar-refractivity contribution < 1.29 is 0 Å². The van der Waals surface area contributed by atoms with Gasteiger partial charge in [-0.2, -0.15) is 0 Å². The van der Waals surface area contributed by atoms with Gasteiger partial charge in [0.25, 0.3) is 0 Å². The summed E-state index contributed by atoms with van der Waals surface area (Å²) in [7, 11) is 0. The van der Waals surface area contributed by atoms with E-state index in [1.54, 1.807) is 12.4 Å². The number of nitrogens with zero attached hydrogens (tertiary/aromatic N) is 2. The molecule has 0 saturated heterocycles. The van der Waals surface area contributed by atoms with Crippen LogP contribution in [0.1, 0.15) is 5.56 Å². The number of benzene rings is 1. The summed E-state index contributed by atoms with van der Waals surface area (Å²) in [6.45, 7) is 2.06. The van der Waals surface area contributed by atoms with Crippen LogP contribution in [0, 0.1) is 6.92 Å². The number of thiazole rings is 1. The number of aryl methyl sites for hydroxylation is 1. The van der Waals surface area contributed by atoms with E-state index in [4.69, 9.17) is 11.5 Å². The maximum Gasteiger partial charge on any atom is 0.181 e. The Hall–Kier alpha value is -2.14. The summed E-state index contributed by atoms with van der Waals surface area (Å²) in [5.41, 5.74) is 16.3. The van der Waals surface area contributed by atoms with E-state index < -0.39 is 0 Å². The largest absolute Gasteiger partial charge is 0.397 e. The molecule has 2 aromatic heterocycles. The second-order valence-electron chi connectivity index (χ2n) is 4.19. The molecule has 0 aliphatic rings. The van der Waals surface area contributed by atoms with Crippen LogP contribution in [0.25, 0.3) is 21.3 Å². The molecule has 0 aliphatic carbocycles. The molecule has 3 aromatic rings. The SMILES string of the molecule is Cc1cc2sc(N)nc2cc1-c1cncc(N)c1. The predicted octanol–water partition coefficient (Wildman–Crippen LogP) is 2.83. The molecule has 0 bridgehead atoms. The first-order chi connectivity index (χ1) is 8.63. The standard InChI is InChI=1S/C13H12N4S/c1-7-2-12-11(17-13(15)18-12)4-10(7)8-3-9(14)6-16-5-8/h2-6H,14H2,1H3,(H2,15,17). The molecule has 2 heterocycles. The van der Waals surface area contributed by atoms with Crippen molar-refractivity contribution in [1.82, 2.24) is 9.97 Å². The molecule has 5 heteroatoms. The number of anilines is 2. The summed E-state index contributed by atoms with van der Waals surface area (Å²) in [6.07, 6.45) is 3.44. The minimum atomic E-state index is 0.590. The van der Waals surface area contributed by atoms with Crippen molar-refractivity contribution in [3.63, 3.8) is 0 Å². The van der Waals surface area contributed by atoms with E-state index in [1.165, 1.54) is 16.9 Å². The number of aromatic nitrogens is 2. The van der Waals surface area contributed by atoms with E-state index >= 15 is 0 Å². The lowest BCUT2D eigenvalue weighted by atomic mass is 10.0. The highest BCUT2D eigenvalue weighted by atomic mass is 32.1. The minimum absolute atomic E-state index is 0.590. The van der Waals surface area contributed by atoms with Crippen LogP contribution >= 0.6 is 11.3 Å². The Morgan fingerprint density at radius 2 is 1.94 bits per heavy atom. The van der Waals surface area contributed by atoms with Crippen molar-refractivity contribution in [1.29, 1.82) is 0 Å². The lowest BCUT2D eigenvalue weighted by molar-refractivity contribution is 1.32. The molecular formula is C13H12N4S. The quantitative estimate of drug-likeness (QED) is 0.701. The number of nitrogens with two attached hydrogens (primary N) is 2. The molecule has 0 unspecified atom stereocenters. The number of hydrogen-bond donors (Lipinski definition) is 2. The third kappa shape index (κ3) is 1.78. The second kappa shape index (κ2) is 3.96. The Bertz CT molecular complexity index is 733. The molecule has 1 aromatic carbocycles. The Balaban J connectivity index is 2.25. The molecule has 90 valence electrons. The van der Waals surface area contributed by atoms with Crippen molar-refractivity contribution in [2.45, 2.75) is 6.92 Å². The van der Waals surface area contributed by atoms with Crippen molar-refractivity contribution in [2.24, 2.45) is 0 Å². The maximum atomic E-state index is 5.77. The van der Waals surface area contributed by atoms with Crippen LogP contribution in [-0.2, 0) is 0 Å². The van der Waals surface area contributed by atoms with Gasteiger partial charge in [0.05, 0.1) is 15.9 Å². The molecule has 0 fully saturated rings. The summed E-state index contributed by atoms with van der Waals surface area (Å²) >= 11 is 1.50. The highest BCUT2D eigenvalue weighted by Crippen LogP contribution is 2.32. The Morgan fingerprint density at radius 3 is 2.72 bits per heavy atom. The molecule has 4 N–H and O–H groups in total. The highest BCUT2D eigenvalue weighted by Gasteiger charge is 2.08. The van der Waals surface area contributed by atoms with Gasteiger partial charge in [0, 0.05) is 18.0 Å². The van der Waals surface area contributed by atoms with E-state index in [0.29, 0.717) is 10.8 Å². The average Bonchev–Trinajstić information content (AvgIpc) is 2.67. The zero-order valence-corrected chi connectivity index (χ0v) is 10.7. The fourth-order valence-electron chi connectivity index (χ4n) is 2.01. The Morgan fingerprint density at radius 1 is 1.11 bits per heavy atom. The molecule has 0 spiro atoms. The summed E-state index contributed by atoms with van der Waals surface area (Å²) < 4.78 is 1.10. The fourth-order valence-corrected chi connectivity index (χ4v) is 2.82. The van der Waals surface area contributed by atoms with E-state index in [1.807, 2.05) is 12.1 Å². The first-order valence-electron chi connectivity index (χ1n) is 5.51. The van der Waals surface area contributed by atoms with E-state index in [2.05, 4.69) is 23.0 Å². The normalized spacial score (nSPS) is 10.9. The van der Waals surface area contributed by atoms with Crippen LogP contribution in [0.3, 0.4) is 0 Å². The smallest absolute Gasteiger partial charge is 0.181 e. The van der Waals surface area contributed by atoms with Gasteiger partial charge in [0.15, 0.2) is 5.13 Å². The van der Waals surface area contributed by atoms with Gasteiger partial charge in [-0.05, 0) is 36.2 Å². The van der Waals surface area contributed by atoms with Crippen molar-refractivity contribution >= 4 is 32.4 Å². The van der Waals surface area contributed by atoms with Gasteiger partial charge >= 0.3 is 0 Å². The number of nitrogen functional groups attached to an aromatic ring is 2.